The average Bonchev–Trinajstić information content (AvgIpc) is 2.33. The average molecular weight is 249 g/mol. The number of carboxylic acids is 1. The highest BCUT2D eigenvalue weighted by atomic mass is 16.5. The molecule has 0 bridgehead atoms. The van der Waals surface area contributed by atoms with E-state index < -0.39 is 5.97 Å². The highest BCUT2D eigenvalue weighted by molar-refractivity contribution is 5.89. The molecule has 0 aromatic heterocycles. The second kappa shape index (κ2) is 7.50. The molecular weight excluding hydrogens is 230 g/mol. The Balaban J connectivity index is 2.37. The smallest absolute Gasteiger partial charge is 0.335 e. The van der Waals surface area contributed by atoms with Gasteiger partial charge in [-0.25, -0.2) is 4.79 Å². The summed E-state index contributed by atoms with van der Waals surface area (Å²) >= 11 is 0. The van der Waals surface area contributed by atoms with E-state index in [1.807, 2.05) is 12.1 Å². The highest BCUT2D eigenvalue weighted by Crippen LogP contribution is 2.14. The van der Waals surface area contributed by atoms with Crippen molar-refractivity contribution in [1.82, 2.24) is 0 Å². The zero-order valence-electron chi connectivity index (χ0n) is 10.6. The second-order valence-electron chi connectivity index (χ2n) is 3.95. The summed E-state index contributed by atoms with van der Waals surface area (Å²) in [6.07, 6.45) is 2.67. The summed E-state index contributed by atoms with van der Waals surface area (Å²) in [5.41, 5.74) is 1.99. The number of aryl methyl sites for hydroxylation is 1. The maximum Gasteiger partial charge on any atom is 0.335 e. The van der Waals surface area contributed by atoms with E-state index in [2.05, 4.69) is 11.9 Å². The fourth-order valence-electron chi connectivity index (χ4n) is 1.55. The van der Waals surface area contributed by atoms with Gasteiger partial charge < -0.3 is 15.2 Å². The molecule has 0 fully saturated rings. The lowest BCUT2D eigenvalue weighted by atomic mass is 10.1. The van der Waals surface area contributed by atoms with Crippen molar-refractivity contribution in [3.05, 3.63) is 42.0 Å². The summed E-state index contributed by atoms with van der Waals surface area (Å²) in [7, 11) is 0. The first-order valence-corrected chi connectivity index (χ1v) is 5.91. The van der Waals surface area contributed by atoms with Crippen LogP contribution in [0.1, 0.15) is 22.3 Å². The molecule has 0 unspecified atom stereocenters. The van der Waals surface area contributed by atoms with E-state index in [0.717, 1.165) is 17.7 Å². The van der Waals surface area contributed by atoms with Crippen LogP contribution in [0.25, 0.3) is 0 Å². The Hall–Kier alpha value is -1.81. The summed E-state index contributed by atoms with van der Waals surface area (Å²) in [4.78, 5) is 10.8. The van der Waals surface area contributed by atoms with E-state index in [1.54, 1.807) is 19.1 Å². The molecule has 0 aliphatic heterocycles. The first kappa shape index (κ1) is 14.3. The second-order valence-corrected chi connectivity index (χ2v) is 3.95. The molecule has 0 heterocycles. The summed E-state index contributed by atoms with van der Waals surface area (Å²) in [5.74, 6) is -0.896. The van der Waals surface area contributed by atoms with Gasteiger partial charge in [-0.05, 0) is 37.1 Å². The Kier molecular flexibility index (Phi) is 5.94. The molecule has 2 N–H and O–H groups in total. The quantitative estimate of drug-likeness (QED) is 0.549. The Morgan fingerprint density at radius 3 is 2.89 bits per heavy atom. The van der Waals surface area contributed by atoms with E-state index in [0.29, 0.717) is 25.3 Å². The van der Waals surface area contributed by atoms with Crippen molar-refractivity contribution < 1.29 is 14.6 Å². The molecule has 0 aliphatic carbocycles. The SMILES string of the molecule is C=CCCOCCNc1ccc(C(=O)O)c(C)c1. The third kappa shape index (κ3) is 4.59. The first-order chi connectivity index (χ1) is 8.65. The third-order valence-corrected chi connectivity index (χ3v) is 2.50. The molecule has 0 radical (unpaired) electrons. The minimum atomic E-state index is -0.896. The minimum absolute atomic E-state index is 0.336. The van der Waals surface area contributed by atoms with E-state index in [9.17, 15) is 4.79 Å². The maximum absolute atomic E-state index is 10.8. The number of ether oxygens (including phenoxy) is 1. The number of hydrogen-bond donors (Lipinski definition) is 2. The summed E-state index contributed by atoms with van der Waals surface area (Å²) in [5, 5.41) is 12.1. The maximum atomic E-state index is 10.8. The minimum Gasteiger partial charge on any atom is -0.478 e. The molecule has 0 spiro atoms. The van der Waals surface area contributed by atoms with Gasteiger partial charge in [-0.3, -0.25) is 0 Å². The number of hydrogen-bond acceptors (Lipinski definition) is 3. The number of aromatic carboxylic acids is 1. The molecule has 4 heteroatoms. The van der Waals surface area contributed by atoms with Crippen LogP contribution in [0.3, 0.4) is 0 Å². The highest BCUT2D eigenvalue weighted by Gasteiger charge is 2.06. The predicted octanol–water partition coefficient (Wildman–Crippen LogP) is 2.70. The van der Waals surface area contributed by atoms with Crippen LogP contribution in [0.15, 0.2) is 30.9 Å². The molecule has 0 saturated carbocycles. The molecule has 18 heavy (non-hydrogen) atoms. The van der Waals surface area contributed by atoms with Gasteiger partial charge in [0.05, 0.1) is 18.8 Å². The van der Waals surface area contributed by atoms with Gasteiger partial charge in [0.1, 0.15) is 0 Å². The molecule has 0 atom stereocenters. The molecular formula is C14H19NO3. The molecule has 1 rings (SSSR count). The van der Waals surface area contributed by atoms with Gasteiger partial charge in [-0.2, -0.15) is 0 Å². The zero-order valence-corrected chi connectivity index (χ0v) is 10.6. The monoisotopic (exact) mass is 249 g/mol. The van der Waals surface area contributed by atoms with Gasteiger partial charge in [0.2, 0.25) is 0 Å². The third-order valence-electron chi connectivity index (χ3n) is 2.50. The van der Waals surface area contributed by atoms with E-state index in [4.69, 9.17) is 9.84 Å². The van der Waals surface area contributed by atoms with Crippen LogP contribution in [-0.4, -0.2) is 30.8 Å². The summed E-state index contributed by atoms with van der Waals surface area (Å²) in [6, 6.07) is 5.20. The Morgan fingerprint density at radius 1 is 1.50 bits per heavy atom. The van der Waals surface area contributed by atoms with Gasteiger partial charge in [0, 0.05) is 12.2 Å². The van der Waals surface area contributed by atoms with E-state index in [-0.39, 0.29) is 0 Å². The van der Waals surface area contributed by atoms with Gasteiger partial charge in [0.25, 0.3) is 0 Å². The van der Waals surface area contributed by atoms with E-state index in [1.165, 1.54) is 0 Å². The number of carbonyl (C=O) groups is 1. The van der Waals surface area contributed by atoms with Crippen molar-refractivity contribution in [3.63, 3.8) is 0 Å². The number of nitrogens with one attached hydrogen (secondary N) is 1. The Labute approximate surface area is 107 Å². The van der Waals surface area contributed by atoms with Gasteiger partial charge in [-0.15, -0.1) is 6.58 Å². The van der Waals surface area contributed by atoms with E-state index >= 15 is 0 Å². The number of rotatable bonds is 8. The van der Waals surface area contributed by atoms with Crippen molar-refractivity contribution in [3.8, 4) is 0 Å². The topological polar surface area (TPSA) is 58.6 Å². The lowest BCUT2D eigenvalue weighted by Crippen LogP contribution is -2.10. The van der Waals surface area contributed by atoms with Crippen molar-refractivity contribution >= 4 is 11.7 Å². The molecule has 98 valence electrons. The lowest BCUT2D eigenvalue weighted by molar-refractivity contribution is 0.0696. The largest absolute Gasteiger partial charge is 0.478 e. The molecule has 1 aromatic carbocycles. The normalized spacial score (nSPS) is 10.1. The number of benzene rings is 1. The zero-order chi connectivity index (χ0) is 13.4. The van der Waals surface area contributed by atoms with Gasteiger partial charge in [-0.1, -0.05) is 6.08 Å². The number of anilines is 1. The van der Waals surface area contributed by atoms with Crippen molar-refractivity contribution in [2.45, 2.75) is 13.3 Å². The lowest BCUT2D eigenvalue weighted by Gasteiger charge is -2.09. The van der Waals surface area contributed by atoms with Crippen LogP contribution in [0.4, 0.5) is 5.69 Å². The van der Waals surface area contributed by atoms with Crippen molar-refractivity contribution in [2.75, 3.05) is 25.1 Å². The van der Waals surface area contributed by atoms with Crippen molar-refractivity contribution in [2.24, 2.45) is 0 Å². The summed E-state index contributed by atoms with van der Waals surface area (Å²) < 4.78 is 5.36. The molecule has 4 nitrogen and oxygen atoms in total. The Bertz CT molecular complexity index is 416. The molecule has 1 aromatic rings. The van der Waals surface area contributed by atoms with Gasteiger partial charge in [0.15, 0.2) is 0 Å². The van der Waals surface area contributed by atoms with Crippen molar-refractivity contribution in [1.29, 1.82) is 0 Å². The fraction of sp³-hybridized carbons (Fsp3) is 0.357. The molecule has 0 aliphatic rings. The van der Waals surface area contributed by atoms with Crippen LogP contribution in [0.5, 0.6) is 0 Å². The summed E-state index contributed by atoms with van der Waals surface area (Å²) in [6.45, 7) is 7.40. The standard InChI is InChI=1S/C14H19NO3/c1-3-4-8-18-9-7-15-12-5-6-13(14(16)17)11(2)10-12/h3,5-6,10,15H,1,4,7-9H2,2H3,(H,16,17). The van der Waals surface area contributed by atoms with Crippen LogP contribution in [0.2, 0.25) is 0 Å². The first-order valence-electron chi connectivity index (χ1n) is 5.91. The van der Waals surface area contributed by atoms with Crippen LogP contribution >= 0.6 is 0 Å². The Morgan fingerprint density at radius 2 is 2.28 bits per heavy atom. The van der Waals surface area contributed by atoms with Crippen LogP contribution in [-0.2, 0) is 4.74 Å². The molecule has 0 amide bonds. The van der Waals surface area contributed by atoms with Crippen LogP contribution < -0.4 is 5.32 Å². The predicted molar refractivity (Wildman–Crippen MR) is 72.3 cm³/mol. The number of carboxylic acid groups (broad SMARTS) is 1. The van der Waals surface area contributed by atoms with Crippen LogP contribution in [0, 0.1) is 6.92 Å². The van der Waals surface area contributed by atoms with Gasteiger partial charge >= 0.3 is 5.97 Å². The fourth-order valence-corrected chi connectivity index (χ4v) is 1.55. The molecule has 0 saturated heterocycles.